The molecule has 3 rings (SSSR count). The van der Waals surface area contributed by atoms with Gasteiger partial charge in [-0.05, 0) is 67.4 Å². The number of hydrogen-bond acceptors (Lipinski definition) is 4. The molecule has 1 aliphatic rings. The van der Waals surface area contributed by atoms with Crippen LogP contribution in [-0.4, -0.2) is 48.2 Å². The molecular formula is C21H28N2O2S. The Hall–Kier alpha value is -1.69. The Morgan fingerprint density at radius 2 is 2.23 bits per heavy atom. The first-order valence-corrected chi connectivity index (χ1v) is 10.3. The topological polar surface area (TPSA) is 52.6 Å². The number of hydrogen-bond donors (Lipinski definition) is 2. The predicted molar refractivity (Wildman–Crippen MR) is 108 cm³/mol. The molecular weight excluding hydrogens is 344 g/mol. The maximum atomic E-state index is 12.5. The fraction of sp³-hybridized carbons (Fsp3) is 0.476. The van der Waals surface area contributed by atoms with E-state index < -0.39 is 0 Å². The smallest absolute Gasteiger partial charge is 0.251 e. The molecule has 1 aliphatic heterocycles. The standard InChI is InChI=1S/C21H28N2O2S/c1-16-9-13-26-20(16)17-6-4-7-18(14-17)21(25)22-10-5-12-23-11-3-2-8-19(23)15-24/h4,6-7,9,13-14,19,24H,2-3,5,8,10-12,15H2,1H3,(H,22,25)/t19-/m1/s1. The minimum absolute atomic E-state index is 0.0154. The summed E-state index contributed by atoms with van der Waals surface area (Å²) in [5.41, 5.74) is 3.05. The van der Waals surface area contributed by atoms with Crippen LogP contribution in [0, 0.1) is 6.92 Å². The number of amides is 1. The first-order valence-electron chi connectivity index (χ1n) is 9.46. The Morgan fingerprint density at radius 3 is 3.00 bits per heavy atom. The van der Waals surface area contributed by atoms with E-state index in [0.717, 1.165) is 31.5 Å². The maximum absolute atomic E-state index is 12.5. The molecule has 2 heterocycles. The highest BCUT2D eigenvalue weighted by Gasteiger charge is 2.20. The van der Waals surface area contributed by atoms with Crippen LogP contribution in [0.5, 0.6) is 0 Å². The van der Waals surface area contributed by atoms with Gasteiger partial charge < -0.3 is 10.4 Å². The fourth-order valence-electron chi connectivity index (χ4n) is 3.62. The number of aryl methyl sites for hydroxylation is 1. The Balaban J connectivity index is 1.50. The van der Waals surface area contributed by atoms with Gasteiger partial charge in [-0.15, -0.1) is 11.3 Å². The molecule has 26 heavy (non-hydrogen) atoms. The van der Waals surface area contributed by atoms with Crippen molar-refractivity contribution in [1.29, 1.82) is 0 Å². The number of carbonyl (C=O) groups excluding carboxylic acids is 1. The van der Waals surface area contributed by atoms with E-state index in [9.17, 15) is 9.90 Å². The molecule has 0 bridgehead atoms. The van der Waals surface area contributed by atoms with Crippen LogP contribution < -0.4 is 5.32 Å². The largest absolute Gasteiger partial charge is 0.395 e. The summed E-state index contributed by atoms with van der Waals surface area (Å²) in [6.45, 7) is 4.98. The number of aliphatic hydroxyl groups is 1. The molecule has 1 atom stereocenters. The van der Waals surface area contributed by atoms with Crippen LogP contribution in [0.3, 0.4) is 0 Å². The van der Waals surface area contributed by atoms with Gasteiger partial charge in [0.05, 0.1) is 6.61 Å². The van der Waals surface area contributed by atoms with Crippen molar-refractivity contribution in [2.75, 3.05) is 26.2 Å². The molecule has 1 amide bonds. The lowest BCUT2D eigenvalue weighted by molar-refractivity contribution is 0.0868. The second kappa shape index (κ2) is 9.31. The molecule has 2 N–H and O–H groups in total. The van der Waals surface area contributed by atoms with Crippen molar-refractivity contribution in [3.8, 4) is 10.4 Å². The molecule has 0 aliphatic carbocycles. The van der Waals surface area contributed by atoms with E-state index in [0.29, 0.717) is 18.2 Å². The maximum Gasteiger partial charge on any atom is 0.251 e. The third-order valence-corrected chi connectivity index (χ3v) is 6.18. The lowest BCUT2D eigenvalue weighted by Gasteiger charge is -2.34. The third-order valence-electron chi connectivity index (χ3n) is 5.12. The summed E-state index contributed by atoms with van der Waals surface area (Å²) in [4.78, 5) is 16.0. The molecule has 5 heteroatoms. The van der Waals surface area contributed by atoms with Crippen LogP contribution in [0.2, 0.25) is 0 Å². The molecule has 4 nitrogen and oxygen atoms in total. The van der Waals surface area contributed by atoms with Crippen molar-refractivity contribution < 1.29 is 9.90 Å². The van der Waals surface area contributed by atoms with E-state index in [-0.39, 0.29) is 12.5 Å². The molecule has 1 aromatic carbocycles. The van der Waals surface area contributed by atoms with Crippen LogP contribution in [0.15, 0.2) is 35.7 Å². The molecule has 0 spiro atoms. The van der Waals surface area contributed by atoms with Crippen LogP contribution in [-0.2, 0) is 0 Å². The van der Waals surface area contributed by atoms with Crippen molar-refractivity contribution in [2.24, 2.45) is 0 Å². The first kappa shape index (κ1) is 19.1. The van der Waals surface area contributed by atoms with E-state index in [1.807, 2.05) is 18.2 Å². The summed E-state index contributed by atoms with van der Waals surface area (Å²) in [6, 6.07) is 10.2. The highest BCUT2D eigenvalue weighted by molar-refractivity contribution is 7.13. The number of rotatable bonds is 7. The lowest BCUT2D eigenvalue weighted by Crippen LogP contribution is -2.43. The van der Waals surface area contributed by atoms with E-state index in [2.05, 4.69) is 34.7 Å². The van der Waals surface area contributed by atoms with Crippen LogP contribution in [0.1, 0.15) is 41.6 Å². The van der Waals surface area contributed by atoms with Crippen molar-refractivity contribution in [1.82, 2.24) is 10.2 Å². The summed E-state index contributed by atoms with van der Waals surface area (Å²) in [6.07, 6.45) is 4.40. The highest BCUT2D eigenvalue weighted by Crippen LogP contribution is 2.29. The molecule has 0 radical (unpaired) electrons. The van der Waals surface area contributed by atoms with Crippen LogP contribution >= 0.6 is 11.3 Å². The van der Waals surface area contributed by atoms with Gasteiger partial charge in [-0.25, -0.2) is 0 Å². The number of thiophene rings is 1. The van der Waals surface area contributed by atoms with Gasteiger partial charge in [0.15, 0.2) is 0 Å². The van der Waals surface area contributed by atoms with Crippen LogP contribution in [0.4, 0.5) is 0 Å². The molecule has 1 fully saturated rings. The molecule has 140 valence electrons. The Bertz CT molecular complexity index is 728. The summed E-state index contributed by atoms with van der Waals surface area (Å²) < 4.78 is 0. The first-order chi connectivity index (χ1) is 12.7. The normalized spacial score (nSPS) is 18.0. The molecule has 0 saturated carbocycles. The fourth-order valence-corrected chi connectivity index (χ4v) is 4.54. The van der Waals surface area contributed by atoms with Crippen molar-refractivity contribution in [3.05, 3.63) is 46.8 Å². The minimum atomic E-state index is -0.0154. The average molecular weight is 373 g/mol. The number of aliphatic hydroxyl groups excluding tert-OH is 1. The number of piperidine rings is 1. The van der Waals surface area contributed by atoms with Gasteiger partial charge in [0.1, 0.15) is 0 Å². The summed E-state index contributed by atoms with van der Waals surface area (Å²) in [5, 5.41) is 14.6. The zero-order chi connectivity index (χ0) is 18.4. The van der Waals surface area contributed by atoms with Crippen LogP contribution in [0.25, 0.3) is 10.4 Å². The highest BCUT2D eigenvalue weighted by atomic mass is 32.1. The SMILES string of the molecule is Cc1ccsc1-c1cccc(C(=O)NCCCN2CCCC[C@@H]2CO)c1. The number of carbonyl (C=O) groups is 1. The number of benzene rings is 1. The Morgan fingerprint density at radius 1 is 1.35 bits per heavy atom. The van der Waals surface area contributed by atoms with Crippen molar-refractivity contribution in [3.63, 3.8) is 0 Å². The van der Waals surface area contributed by atoms with Gasteiger partial charge in [0.2, 0.25) is 0 Å². The average Bonchev–Trinajstić information content (AvgIpc) is 3.11. The molecule has 1 saturated heterocycles. The molecule has 1 aromatic heterocycles. The van der Waals surface area contributed by atoms with E-state index >= 15 is 0 Å². The quantitative estimate of drug-likeness (QED) is 0.729. The van der Waals surface area contributed by atoms with E-state index in [4.69, 9.17) is 0 Å². The zero-order valence-electron chi connectivity index (χ0n) is 15.4. The number of nitrogens with one attached hydrogen (secondary N) is 1. The molecule has 2 aromatic rings. The summed E-state index contributed by atoms with van der Waals surface area (Å²) in [7, 11) is 0. The second-order valence-electron chi connectivity index (χ2n) is 6.99. The summed E-state index contributed by atoms with van der Waals surface area (Å²) >= 11 is 1.70. The second-order valence-corrected chi connectivity index (χ2v) is 7.91. The summed E-state index contributed by atoms with van der Waals surface area (Å²) in [5.74, 6) is -0.0154. The van der Waals surface area contributed by atoms with E-state index in [1.54, 1.807) is 11.3 Å². The molecule has 0 unspecified atom stereocenters. The van der Waals surface area contributed by atoms with Gasteiger partial charge in [0.25, 0.3) is 5.91 Å². The van der Waals surface area contributed by atoms with Gasteiger partial charge in [-0.1, -0.05) is 18.6 Å². The van der Waals surface area contributed by atoms with Gasteiger partial charge in [-0.2, -0.15) is 0 Å². The number of likely N-dealkylation sites (tertiary alicyclic amines) is 1. The van der Waals surface area contributed by atoms with E-state index in [1.165, 1.54) is 23.3 Å². The van der Waals surface area contributed by atoms with Gasteiger partial charge >= 0.3 is 0 Å². The minimum Gasteiger partial charge on any atom is -0.395 e. The lowest BCUT2D eigenvalue weighted by atomic mass is 10.0. The van der Waals surface area contributed by atoms with Gasteiger partial charge in [-0.3, -0.25) is 9.69 Å². The zero-order valence-corrected chi connectivity index (χ0v) is 16.2. The van der Waals surface area contributed by atoms with Gasteiger partial charge in [0, 0.05) is 29.6 Å². The predicted octanol–water partition coefficient (Wildman–Crippen LogP) is 3.69. The number of nitrogens with zero attached hydrogens (tertiary/aromatic N) is 1. The van der Waals surface area contributed by atoms with Crippen molar-refractivity contribution in [2.45, 2.75) is 38.6 Å². The third kappa shape index (κ3) is 4.72. The monoisotopic (exact) mass is 372 g/mol. The van der Waals surface area contributed by atoms with Crippen molar-refractivity contribution >= 4 is 17.2 Å². The Labute approximate surface area is 159 Å². The Kier molecular flexibility index (Phi) is 6.83.